The number of hydrogen-bond donors (Lipinski definition) is 1. The number of nitrogens with zero attached hydrogens (tertiary/aromatic N) is 1. The molecule has 1 aromatic carbocycles. The average molecular weight is 249 g/mol. The Balaban J connectivity index is 2.58. The van der Waals surface area contributed by atoms with Crippen molar-refractivity contribution < 1.29 is 14.6 Å². The number of likely N-dealkylation sites (N-methyl/N-ethyl adjacent to an activating group) is 1. The van der Waals surface area contributed by atoms with Crippen LogP contribution in [0.2, 0.25) is 0 Å². The lowest BCUT2D eigenvalue weighted by Gasteiger charge is -2.18. The summed E-state index contributed by atoms with van der Waals surface area (Å²) in [5, 5.41) is 8.50. The van der Waals surface area contributed by atoms with Gasteiger partial charge >= 0.3 is 5.97 Å². The molecule has 0 unspecified atom stereocenters. The summed E-state index contributed by atoms with van der Waals surface area (Å²) < 4.78 is 5.55. The van der Waals surface area contributed by atoms with Gasteiger partial charge in [0.2, 0.25) is 0 Å². The van der Waals surface area contributed by atoms with Crippen LogP contribution in [0.25, 0.3) is 0 Å². The second kappa shape index (κ2) is 6.69. The van der Waals surface area contributed by atoms with E-state index in [1.807, 2.05) is 50.1 Å². The van der Waals surface area contributed by atoms with Gasteiger partial charge in [0.05, 0.1) is 6.10 Å². The Kier molecular flexibility index (Phi) is 5.24. The molecule has 0 heterocycles. The average Bonchev–Trinajstić information content (AvgIpc) is 2.28. The molecule has 18 heavy (non-hydrogen) atoms. The molecule has 1 rings (SSSR count). The molecule has 0 fully saturated rings. The highest BCUT2D eigenvalue weighted by molar-refractivity contribution is 5.79. The molecule has 0 aromatic heterocycles. The van der Waals surface area contributed by atoms with Crippen molar-refractivity contribution in [3.05, 3.63) is 36.4 Å². The van der Waals surface area contributed by atoms with Crippen LogP contribution >= 0.6 is 0 Å². The Morgan fingerprint density at radius 1 is 1.39 bits per heavy atom. The van der Waals surface area contributed by atoms with E-state index >= 15 is 0 Å². The first-order chi connectivity index (χ1) is 8.49. The van der Waals surface area contributed by atoms with Crippen LogP contribution in [-0.2, 0) is 4.79 Å². The first-order valence-corrected chi connectivity index (χ1v) is 5.86. The molecular formula is C14H19NO3. The molecule has 1 N–H and O–H groups in total. The number of carboxylic acid groups (broad SMARTS) is 1. The van der Waals surface area contributed by atoms with Gasteiger partial charge in [-0.1, -0.05) is 6.08 Å². The van der Waals surface area contributed by atoms with Crippen LogP contribution in [0.4, 0.5) is 5.69 Å². The molecule has 4 heteroatoms. The van der Waals surface area contributed by atoms with Crippen molar-refractivity contribution in [2.45, 2.75) is 20.0 Å². The van der Waals surface area contributed by atoms with Crippen LogP contribution in [0.3, 0.4) is 0 Å². The van der Waals surface area contributed by atoms with Crippen molar-refractivity contribution in [2.24, 2.45) is 0 Å². The number of aliphatic carboxylic acids is 1. The van der Waals surface area contributed by atoms with Crippen LogP contribution < -0.4 is 9.64 Å². The summed E-state index contributed by atoms with van der Waals surface area (Å²) in [4.78, 5) is 12.3. The zero-order valence-electron chi connectivity index (χ0n) is 11.0. The SMILES string of the molecule is CC(C)Oc1ccc(N(C)C/C=C/C(=O)O)cc1. The van der Waals surface area contributed by atoms with Gasteiger partial charge in [-0.2, -0.15) is 0 Å². The monoisotopic (exact) mass is 249 g/mol. The lowest BCUT2D eigenvalue weighted by Crippen LogP contribution is -2.16. The van der Waals surface area contributed by atoms with E-state index in [1.54, 1.807) is 6.08 Å². The van der Waals surface area contributed by atoms with Gasteiger partial charge in [0.25, 0.3) is 0 Å². The third-order valence-corrected chi connectivity index (χ3v) is 2.29. The van der Waals surface area contributed by atoms with Crippen LogP contribution in [0.1, 0.15) is 13.8 Å². The predicted octanol–water partition coefficient (Wildman–Crippen LogP) is 2.55. The second-order valence-electron chi connectivity index (χ2n) is 4.28. The molecule has 98 valence electrons. The third-order valence-electron chi connectivity index (χ3n) is 2.29. The largest absolute Gasteiger partial charge is 0.491 e. The van der Waals surface area contributed by atoms with E-state index in [0.29, 0.717) is 6.54 Å². The zero-order chi connectivity index (χ0) is 13.5. The molecule has 0 bridgehead atoms. The normalized spacial score (nSPS) is 10.9. The summed E-state index contributed by atoms with van der Waals surface area (Å²) >= 11 is 0. The highest BCUT2D eigenvalue weighted by atomic mass is 16.5. The summed E-state index contributed by atoms with van der Waals surface area (Å²) in [6, 6.07) is 7.72. The standard InChI is InChI=1S/C14H19NO3/c1-11(2)18-13-8-6-12(7-9-13)15(3)10-4-5-14(16)17/h4-9,11H,10H2,1-3H3,(H,16,17)/b5-4+. The van der Waals surface area contributed by atoms with Gasteiger partial charge in [0.15, 0.2) is 0 Å². The van der Waals surface area contributed by atoms with E-state index in [4.69, 9.17) is 9.84 Å². The molecule has 0 amide bonds. The molecule has 0 aliphatic heterocycles. The van der Waals surface area contributed by atoms with Crippen LogP contribution in [0.15, 0.2) is 36.4 Å². The van der Waals surface area contributed by atoms with Crippen molar-refractivity contribution in [1.82, 2.24) is 0 Å². The number of benzene rings is 1. The maximum absolute atomic E-state index is 10.3. The van der Waals surface area contributed by atoms with Gasteiger partial charge in [-0.05, 0) is 38.1 Å². The fourth-order valence-electron chi connectivity index (χ4n) is 1.47. The summed E-state index contributed by atoms with van der Waals surface area (Å²) in [6.07, 6.45) is 2.92. The van der Waals surface area contributed by atoms with Crippen molar-refractivity contribution >= 4 is 11.7 Å². The second-order valence-corrected chi connectivity index (χ2v) is 4.28. The maximum atomic E-state index is 10.3. The van der Waals surface area contributed by atoms with E-state index < -0.39 is 5.97 Å². The van der Waals surface area contributed by atoms with Gasteiger partial charge < -0.3 is 14.7 Å². The lowest BCUT2D eigenvalue weighted by atomic mass is 10.2. The number of ether oxygens (including phenoxy) is 1. The minimum atomic E-state index is -0.927. The Hall–Kier alpha value is -1.97. The Morgan fingerprint density at radius 3 is 2.50 bits per heavy atom. The van der Waals surface area contributed by atoms with Crippen LogP contribution in [-0.4, -0.2) is 30.8 Å². The Bertz CT molecular complexity index is 410. The van der Waals surface area contributed by atoms with E-state index in [9.17, 15) is 4.79 Å². The molecule has 0 aliphatic rings. The molecule has 0 atom stereocenters. The number of carbonyl (C=O) groups is 1. The molecule has 0 saturated carbocycles. The van der Waals surface area contributed by atoms with Crippen LogP contribution in [0, 0.1) is 0 Å². The molecule has 0 radical (unpaired) electrons. The predicted molar refractivity (Wildman–Crippen MR) is 72.3 cm³/mol. The van der Waals surface area contributed by atoms with Gasteiger partial charge in [-0.25, -0.2) is 4.79 Å². The summed E-state index contributed by atoms with van der Waals surface area (Å²) in [5.41, 5.74) is 1.01. The van der Waals surface area contributed by atoms with Crippen LogP contribution in [0.5, 0.6) is 5.75 Å². The summed E-state index contributed by atoms with van der Waals surface area (Å²) in [5.74, 6) is -0.0905. The molecule has 4 nitrogen and oxygen atoms in total. The zero-order valence-corrected chi connectivity index (χ0v) is 11.0. The van der Waals surface area contributed by atoms with E-state index in [0.717, 1.165) is 17.5 Å². The number of anilines is 1. The Labute approximate surface area is 107 Å². The van der Waals surface area contributed by atoms with Gasteiger partial charge in [0, 0.05) is 25.4 Å². The third kappa shape index (κ3) is 4.91. The van der Waals surface area contributed by atoms with E-state index in [1.165, 1.54) is 0 Å². The fourth-order valence-corrected chi connectivity index (χ4v) is 1.47. The van der Waals surface area contributed by atoms with Crippen molar-refractivity contribution in [2.75, 3.05) is 18.5 Å². The fraction of sp³-hybridized carbons (Fsp3) is 0.357. The minimum Gasteiger partial charge on any atom is -0.491 e. The molecule has 0 saturated heterocycles. The number of hydrogen-bond acceptors (Lipinski definition) is 3. The topological polar surface area (TPSA) is 49.8 Å². The molecule has 0 aliphatic carbocycles. The maximum Gasteiger partial charge on any atom is 0.328 e. The van der Waals surface area contributed by atoms with Crippen molar-refractivity contribution in [3.63, 3.8) is 0 Å². The first kappa shape index (κ1) is 14.1. The minimum absolute atomic E-state index is 0.159. The molecular weight excluding hydrogens is 230 g/mol. The van der Waals surface area contributed by atoms with Crippen molar-refractivity contribution in [1.29, 1.82) is 0 Å². The molecule has 1 aromatic rings. The highest BCUT2D eigenvalue weighted by Crippen LogP contribution is 2.19. The highest BCUT2D eigenvalue weighted by Gasteiger charge is 2.01. The number of rotatable bonds is 6. The Morgan fingerprint density at radius 2 is 2.00 bits per heavy atom. The van der Waals surface area contributed by atoms with Crippen molar-refractivity contribution in [3.8, 4) is 5.75 Å². The molecule has 0 spiro atoms. The van der Waals surface area contributed by atoms with Gasteiger partial charge in [-0.3, -0.25) is 0 Å². The quantitative estimate of drug-likeness (QED) is 0.787. The first-order valence-electron chi connectivity index (χ1n) is 5.86. The van der Waals surface area contributed by atoms with Gasteiger partial charge in [0.1, 0.15) is 5.75 Å². The lowest BCUT2D eigenvalue weighted by molar-refractivity contribution is -0.131. The van der Waals surface area contributed by atoms with E-state index in [-0.39, 0.29) is 6.10 Å². The summed E-state index contributed by atoms with van der Waals surface area (Å²) in [6.45, 7) is 4.52. The number of carboxylic acids is 1. The van der Waals surface area contributed by atoms with Gasteiger partial charge in [-0.15, -0.1) is 0 Å². The smallest absolute Gasteiger partial charge is 0.328 e. The van der Waals surface area contributed by atoms with E-state index in [2.05, 4.69) is 0 Å². The summed E-state index contributed by atoms with van der Waals surface area (Å²) in [7, 11) is 1.91.